The molecule has 0 saturated heterocycles. The molecule has 1 heterocycles. The molecule has 0 spiro atoms. The van der Waals surface area contributed by atoms with Crippen LogP contribution < -0.4 is 11.1 Å². The predicted octanol–water partition coefficient (Wildman–Crippen LogP) is 2.78. The van der Waals surface area contributed by atoms with Crippen molar-refractivity contribution in [1.29, 1.82) is 0 Å². The van der Waals surface area contributed by atoms with Gasteiger partial charge in [-0.1, -0.05) is 0 Å². The van der Waals surface area contributed by atoms with Gasteiger partial charge in [0.1, 0.15) is 0 Å². The van der Waals surface area contributed by atoms with Gasteiger partial charge in [-0.2, -0.15) is 0 Å². The molecule has 2 aromatic rings. The first-order valence-corrected chi connectivity index (χ1v) is 6.36. The summed E-state index contributed by atoms with van der Waals surface area (Å²) < 4.78 is 0. The SMILES string of the molecule is CC(C)(O)C(C)(C)Nc1ccc2ncccc2c1N. The van der Waals surface area contributed by atoms with Crippen molar-refractivity contribution in [2.45, 2.75) is 38.8 Å². The Bertz CT molecular complexity index is 600. The van der Waals surface area contributed by atoms with Crippen molar-refractivity contribution in [2.75, 3.05) is 11.1 Å². The van der Waals surface area contributed by atoms with Crippen molar-refractivity contribution in [3.63, 3.8) is 0 Å². The quantitative estimate of drug-likeness (QED) is 0.741. The molecule has 19 heavy (non-hydrogen) atoms. The van der Waals surface area contributed by atoms with Crippen LogP contribution in [-0.2, 0) is 0 Å². The standard InChI is InChI=1S/C15H21N3O/c1-14(2,15(3,4)19)18-12-8-7-11-10(13(12)16)6-5-9-17-11/h5-9,18-19H,16H2,1-4H3. The van der Waals surface area contributed by atoms with Crippen molar-refractivity contribution in [3.8, 4) is 0 Å². The van der Waals surface area contributed by atoms with E-state index in [9.17, 15) is 5.11 Å². The number of hydrogen-bond donors (Lipinski definition) is 3. The molecule has 0 aliphatic carbocycles. The number of nitrogen functional groups attached to an aromatic ring is 1. The predicted molar refractivity (Wildman–Crippen MR) is 80.2 cm³/mol. The van der Waals surface area contributed by atoms with Crippen molar-refractivity contribution in [1.82, 2.24) is 4.98 Å². The van der Waals surface area contributed by atoms with E-state index in [0.29, 0.717) is 5.69 Å². The van der Waals surface area contributed by atoms with Crippen molar-refractivity contribution < 1.29 is 5.11 Å². The van der Waals surface area contributed by atoms with Gasteiger partial charge in [0.05, 0.1) is 28.0 Å². The Labute approximate surface area is 113 Å². The number of benzene rings is 1. The van der Waals surface area contributed by atoms with Crippen molar-refractivity contribution >= 4 is 22.3 Å². The Kier molecular flexibility index (Phi) is 3.14. The molecule has 0 unspecified atom stereocenters. The van der Waals surface area contributed by atoms with E-state index in [1.54, 1.807) is 20.0 Å². The van der Waals surface area contributed by atoms with Gasteiger partial charge in [-0.15, -0.1) is 0 Å². The molecule has 102 valence electrons. The number of fused-ring (bicyclic) bond motifs is 1. The second-order valence-electron chi connectivity index (χ2n) is 5.91. The Morgan fingerprint density at radius 2 is 1.84 bits per heavy atom. The van der Waals surface area contributed by atoms with Crippen LogP contribution in [0.25, 0.3) is 10.9 Å². The topological polar surface area (TPSA) is 71.2 Å². The van der Waals surface area contributed by atoms with Gasteiger partial charge in [0, 0.05) is 11.6 Å². The monoisotopic (exact) mass is 259 g/mol. The molecule has 2 rings (SSSR count). The molecule has 4 heteroatoms. The third-order valence-corrected chi connectivity index (χ3v) is 3.80. The second-order valence-corrected chi connectivity index (χ2v) is 5.91. The molecule has 0 bridgehead atoms. The number of pyridine rings is 1. The summed E-state index contributed by atoms with van der Waals surface area (Å²) in [5, 5.41) is 14.4. The van der Waals surface area contributed by atoms with Gasteiger partial charge in [0.2, 0.25) is 0 Å². The Morgan fingerprint density at radius 1 is 1.16 bits per heavy atom. The van der Waals surface area contributed by atoms with Crippen LogP contribution in [0.4, 0.5) is 11.4 Å². The van der Waals surface area contributed by atoms with Crippen LogP contribution in [0.2, 0.25) is 0 Å². The first kappa shape index (κ1) is 13.6. The van der Waals surface area contributed by atoms with Crippen molar-refractivity contribution in [2.24, 2.45) is 0 Å². The molecular weight excluding hydrogens is 238 g/mol. The Morgan fingerprint density at radius 3 is 2.47 bits per heavy atom. The third kappa shape index (κ3) is 2.49. The summed E-state index contributed by atoms with van der Waals surface area (Å²) >= 11 is 0. The summed E-state index contributed by atoms with van der Waals surface area (Å²) in [5.74, 6) is 0. The van der Waals surface area contributed by atoms with E-state index < -0.39 is 11.1 Å². The van der Waals surface area contributed by atoms with E-state index >= 15 is 0 Å². The van der Waals surface area contributed by atoms with E-state index in [1.165, 1.54) is 0 Å². The molecular formula is C15H21N3O. The average Bonchev–Trinajstić information content (AvgIpc) is 2.31. The molecule has 0 amide bonds. The third-order valence-electron chi connectivity index (χ3n) is 3.80. The number of anilines is 2. The van der Waals surface area contributed by atoms with E-state index in [2.05, 4.69) is 10.3 Å². The van der Waals surface area contributed by atoms with E-state index in [4.69, 9.17) is 5.73 Å². The summed E-state index contributed by atoms with van der Waals surface area (Å²) in [5.41, 5.74) is 7.15. The van der Waals surface area contributed by atoms with Crippen LogP contribution in [0.3, 0.4) is 0 Å². The molecule has 0 radical (unpaired) electrons. The zero-order valence-electron chi connectivity index (χ0n) is 11.9. The van der Waals surface area contributed by atoms with Gasteiger partial charge in [-0.3, -0.25) is 4.98 Å². The van der Waals surface area contributed by atoms with Crippen LogP contribution >= 0.6 is 0 Å². The van der Waals surface area contributed by atoms with Gasteiger partial charge < -0.3 is 16.2 Å². The smallest absolute Gasteiger partial charge is 0.0814 e. The normalized spacial score (nSPS) is 12.7. The summed E-state index contributed by atoms with van der Waals surface area (Å²) in [7, 11) is 0. The maximum Gasteiger partial charge on any atom is 0.0814 e. The lowest BCUT2D eigenvalue weighted by atomic mass is 9.85. The first-order chi connectivity index (χ1) is 8.72. The van der Waals surface area contributed by atoms with Gasteiger partial charge in [-0.25, -0.2) is 0 Å². The number of aliphatic hydroxyl groups is 1. The number of nitrogens with one attached hydrogen (secondary N) is 1. The zero-order chi connectivity index (χ0) is 14.3. The molecule has 0 saturated carbocycles. The lowest BCUT2D eigenvalue weighted by Crippen LogP contribution is -2.51. The van der Waals surface area contributed by atoms with Gasteiger partial charge in [0.25, 0.3) is 0 Å². The van der Waals surface area contributed by atoms with Crippen LogP contribution in [0, 0.1) is 0 Å². The number of hydrogen-bond acceptors (Lipinski definition) is 4. The molecule has 0 fully saturated rings. The fraction of sp³-hybridized carbons (Fsp3) is 0.400. The van der Waals surface area contributed by atoms with Gasteiger partial charge in [0.15, 0.2) is 0 Å². The van der Waals surface area contributed by atoms with Gasteiger partial charge >= 0.3 is 0 Å². The number of aromatic nitrogens is 1. The summed E-state index contributed by atoms with van der Waals surface area (Å²) in [6, 6.07) is 7.64. The first-order valence-electron chi connectivity index (χ1n) is 6.36. The highest BCUT2D eigenvalue weighted by atomic mass is 16.3. The highest BCUT2D eigenvalue weighted by Gasteiger charge is 2.35. The molecule has 4 nitrogen and oxygen atoms in total. The fourth-order valence-electron chi connectivity index (χ4n) is 1.77. The lowest BCUT2D eigenvalue weighted by Gasteiger charge is -2.39. The zero-order valence-corrected chi connectivity index (χ0v) is 11.9. The highest BCUT2D eigenvalue weighted by molar-refractivity contribution is 5.96. The maximum atomic E-state index is 10.2. The Hall–Kier alpha value is -1.81. The molecule has 0 atom stereocenters. The minimum Gasteiger partial charge on any atom is -0.397 e. The minimum absolute atomic E-state index is 0.503. The number of nitrogens with zero attached hydrogens (tertiary/aromatic N) is 1. The maximum absolute atomic E-state index is 10.2. The van der Waals surface area contributed by atoms with Crippen LogP contribution in [0.1, 0.15) is 27.7 Å². The van der Waals surface area contributed by atoms with E-state index in [0.717, 1.165) is 16.6 Å². The summed E-state index contributed by atoms with van der Waals surface area (Å²) in [4.78, 5) is 4.27. The molecule has 4 N–H and O–H groups in total. The molecule has 1 aromatic heterocycles. The largest absolute Gasteiger partial charge is 0.397 e. The van der Waals surface area contributed by atoms with Crippen LogP contribution in [-0.4, -0.2) is 21.2 Å². The fourth-order valence-corrected chi connectivity index (χ4v) is 1.77. The van der Waals surface area contributed by atoms with Crippen molar-refractivity contribution in [3.05, 3.63) is 30.5 Å². The average molecular weight is 259 g/mol. The summed E-state index contributed by atoms with van der Waals surface area (Å²) in [6.45, 7) is 7.44. The number of rotatable bonds is 3. The number of nitrogens with two attached hydrogens (primary N) is 1. The lowest BCUT2D eigenvalue weighted by molar-refractivity contribution is 0.0241. The molecule has 0 aliphatic heterocycles. The second kappa shape index (κ2) is 4.38. The molecule has 0 aliphatic rings. The van der Waals surface area contributed by atoms with Gasteiger partial charge in [-0.05, 0) is 52.0 Å². The van der Waals surface area contributed by atoms with E-state index in [-0.39, 0.29) is 0 Å². The van der Waals surface area contributed by atoms with Crippen LogP contribution in [0.15, 0.2) is 30.5 Å². The summed E-state index contributed by atoms with van der Waals surface area (Å²) in [6.07, 6.45) is 1.75. The Balaban J connectivity index is 2.45. The molecule has 1 aromatic carbocycles. The van der Waals surface area contributed by atoms with Crippen LogP contribution in [0.5, 0.6) is 0 Å². The van der Waals surface area contributed by atoms with E-state index in [1.807, 2.05) is 38.1 Å². The highest BCUT2D eigenvalue weighted by Crippen LogP contribution is 2.32. The minimum atomic E-state index is -0.872.